The van der Waals surface area contributed by atoms with Crippen molar-refractivity contribution in [2.24, 2.45) is 0 Å². The second-order valence-corrected chi connectivity index (χ2v) is 3.78. The van der Waals surface area contributed by atoms with Gasteiger partial charge in [0.2, 0.25) is 0 Å². The van der Waals surface area contributed by atoms with Crippen molar-refractivity contribution in [2.45, 2.75) is 18.9 Å². The third-order valence-corrected chi connectivity index (χ3v) is 3.00. The van der Waals surface area contributed by atoms with Crippen LogP contribution in [0.15, 0.2) is 12.7 Å². The molecule has 68 valence electrons. The van der Waals surface area contributed by atoms with Gasteiger partial charge in [-0.25, -0.2) is 4.31 Å². The first-order valence-corrected chi connectivity index (χ1v) is 4.93. The van der Waals surface area contributed by atoms with Crippen molar-refractivity contribution >= 4 is 17.9 Å². The van der Waals surface area contributed by atoms with Crippen LogP contribution in [-0.2, 0) is 4.79 Å². The monoisotopic (exact) mass is 187 g/mol. The largest absolute Gasteiger partial charge is 0.480 e. The molecule has 1 saturated heterocycles. The molecule has 1 aliphatic heterocycles. The Hall–Kier alpha value is -0.480. The molecule has 0 aromatic rings. The van der Waals surface area contributed by atoms with Gasteiger partial charge >= 0.3 is 5.97 Å². The average molecular weight is 187 g/mol. The van der Waals surface area contributed by atoms with Gasteiger partial charge in [-0.05, 0) is 12.8 Å². The lowest BCUT2D eigenvalue weighted by Crippen LogP contribution is -2.30. The van der Waals surface area contributed by atoms with E-state index in [0.29, 0.717) is 0 Å². The predicted octanol–water partition coefficient (Wildman–Crippen LogP) is 1.37. The highest BCUT2D eigenvalue weighted by molar-refractivity contribution is 7.97. The lowest BCUT2D eigenvalue weighted by Gasteiger charge is -2.18. The topological polar surface area (TPSA) is 40.5 Å². The first-order chi connectivity index (χ1) is 5.75. The summed E-state index contributed by atoms with van der Waals surface area (Å²) >= 11 is 1.55. The molecule has 1 fully saturated rings. The van der Waals surface area contributed by atoms with E-state index in [4.69, 9.17) is 5.11 Å². The highest BCUT2D eigenvalue weighted by Gasteiger charge is 2.30. The maximum Gasteiger partial charge on any atom is 0.321 e. The molecule has 0 aromatic heterocycles. The highest BCUT2D eigenvalue weighted by atomic mass is 32.2. The van der Waals surface area contributed by atoms with E-state index in [2.05, 4.69) is 6.58 Å². The molecule has 0 spiro atoms. The molecule has 1 N–H and O–H groups in total. The van der Waals surface area contributed by atoms with Crippen molar-refractivity contribution in [3.63, 3.8) is 0 Å². The van der Waals surface area contributed by atoms with Crippen molar-refractivity contribution in [1.29, 1.82) is 0 Å². The molecule has 1 rings (SSSR count). The molecule has 1 heterocycles. The fourth-order valence-electron chi connectivity index (χ4n) is 1.29. The van der Waals surface area contributed by atoms with Gasteiger partial charge in [0, 0.05) is 12.3 Å². The standard InChI is InChI=1S/C8H13NO2S/c1-2-6-12-9-5-3-4-7(9)8(10)11/h2,7H,1,3-6H2,(H,10,11). The van der Waals surface area contributed by atoms with Gasteiger partial charge in [-0.2, -0.15) is 0 Å². The SMILES string of the molecule is C=CCSN1CCCC1C(=O)O. The Labute approximate surface area is 76.6 Å². The molecule has 0 bridgehead atoms. The minimum absolute atomic E-state index is 0.282. The summed E-state index contributed by atoms with van der Waals surface area (Å²) in [5, 5.41) is 8.80. The number of carboxylic acid groups (broad SMARTS) is 1. The fourth-order valence-corrected chi connectivity index (χ4v) is 2.22. The molecule has 1 aliphatic rings. The Bertz CT molecular complexity index is 184. The molecule has 4 heteroatoms. The zero-order valence-corrected chi connectivity index (χ0v) is 7.72. The van der Waals surface area contributed by atoms with Gasteiger partial charge in [0.05, 0.1) is 0 Å². The van der Waals surface area contributed by atoms with Gasteiger partial charge in [-0.3, -0.25) is 4.79 Å². The quantitative estimate of drug-likeness (QED) is 0.533. The molecule has 1 unspecified atom stereocenters. The molecule has 1 atom stereocenters. The maximum absolute atomic E-state index is 10.7. The van der Waals surface area contributed by atoms with Crippen LogP contribution in [0.4, 0.5) is 0 Å². The van der Waals surface area contributed by atoms with Crippen LogP contribution < -0.4 is 0 Å². The third-order valence-electron chi connectivity index (χ3n) is 1.85. The molecule has 0 aromatic carbocycles. The zero-order chi connectivity index (χ0) is 8.97. The second-order valence-electron chi connectivity index (χ2n) is 2.72. The Balaban J connectivity index is 2.40. The van der Waals surface area contributed by atoms with Gasteiger partial charge in [0.1, 0.15) is 6.04 Å². The molecule has 0 amide bonds. The molecule has 12 heavy (non-hydrogen) atoms. The Morgan fingerprint density at radius 1 is 1.83 bits per heavy atom. The molecular formula is C8H13NO2S. The van der Waals surface area contributed by atoms with Crippen molar-refractivity contribution in [3.05, 3.63) is 12.7 Å². The number of carboxylic acids is 1. The Morgan fingerprint density at radius 2 is 2.58 bits per heavy atom. The van der Waals surface area contributed by atoms with E-state index >= 15 is 0 Å². The smallest absolute Gasteiger partial charge is 0.321 e. The lowest BCUT2D eigenvalue weighted by atomic mass is 10.2. The van der Waals surface area contributed by atoms with Gasteiger partial charge in [0.15, 0.2) is 0 Å². The Morgan fingerprint density at radius 3 is 3.17 bits per heavy atom. The van der Waals surface area contributed by atoms with Crippen LogP contribution in [0.1, 0.15) is 12.8 Å². The first-order valence-electron chi connectivity index (χ1n) is 3.99. The second kappa shape index (κ2) is 4.52. The van der Waals surface area contributed by atoms with Gasteiger partial charge in [-0.1, -0.05) is 18.0 Å². The van der Waals surface area contributed by atoms with Crippen LogP contribution in [0.3, 0.4) is 0 Å². The number of hydrogen-bond acceptors (Lipinski definition) is 3. The Kier molecular flexibility index (Phi) is 3.62. The fraction of sp³-hybridized carbons (Fsp3) is 0.625. The van der Waals surface area contributed by atoms with Crippen LogP contribution in [-0.4, -0.2) is 33.7 Å². The lowest BCUT2D eigenvalue weighted by molar-refractivity contribution is -0.140. The van der Waals surface area contributed by atoms with Crippen LogP contribution in [0.2, 0.25) is 0 Å². The normalized spacial score (nSPS) is 24.2. The van der Waals surface area contributed by atoms with Crippen molar-refractivity contribution in [3.8, 4) is 0 Å². The predicted molar refractivity (Wildman–Crippen MR) is 50.0 cm³/mol. The first kappa shape index (κ1) is 9.61. The summed E-state index contributed by atoms with van der Waals surface area (Å²) in [7, 11) is 0. The molecular weight excluding hydrogens is 174 g/mol. The van der Waals surface area contributed by atoms with E-state index in [9.17, 15) is 4.79 Å². The number of rotatable bonds is 4. The summed E-state index contributed by atoms with van der Waals surface area (Å²) < 4.78 is 1.93. The number of hydrogen-bond donors (Lipinski definition) is 1. The zero-order valence-electron chi connectivity index (χ0n) is 6.90. The van der Waals surface area contributed by atoms with Crippen LogP contribution >= 0.6 is 11.9 Å². The average Bonchev–Trinajstić information content (AvgIpc) is 2.48. The minimum atomic E-state index is -0.705. The van der Waals surface area contributed by atoms with Crippen molar-refractivity contribution in [2.75, 3.05) is 12.3 Å². The number of aliphatic carboxylic acids is 1. The summed E-state index contributed by atoms with van der Waals surface area (Å²) in [4.78, 5) is 10.7. The molecule has 0 aliphatic carbocycles. The van der Waals surface area contributed by atoms with Gasteiger partial charge < -0.3 is 5.11 Å². The van der Waals surface area contributed by atoms with E-state index in [1.807, 2.05) is 4.31 Å². The molecule has 3 nitrogen and oxygen atoms in total. The van der Waals surface area contributed by atoms with E-state index in [1.54, 1.807) is 18.0 Å². The third kappa shape index (κ3) is 2.25. The van der Waals surface area contributed by atoms with Crippen molar-refractivity contribution < 1.29 is 9.90 Å². The summed E-state index contributed by atoms with van der Waals surface area (Å²) in [5.74, 6) is 0.0908. The van der Waals surface area contributed by atoms with Crippen LogP contribution in [0, 0.1) is 0 Å². The summed E-state index contributed by atoms with van der Waals surface area (Å²) in [6.07, 6.45) is 3.56. The van der Waals surface area contributed by atoms with Crippen LogP contribution in [0.5, 0.6) is 0 Å². The highest BCUT2D eigenvalue weighted by Crippen LogP contribution is 2.25. The maximum atomic E-state index is 10.7. The summed E-state index contributed by atoms with van der Waals surface area (Å²) in [6.45, 7) is 4.48. The van der Waals surface area contributed by atoms with Gasteiger partial charge in [-0.15, -0.1) is 6.58 Å². The van der Waals surface area contributed by atoms with Gasteiger partial charge in [0.25, 0.3) is 0 Å². The van der Waals surface area contributed by atoms with E-state index in [0.717, 1.165) is 25.1 Å². The summed E-state index contributed by atoms with van der Waals surface area (Å²) in [6, 6.07) is -0.282. The molecule has 0 saturated carbocycles. The summed E-state index contributed by atoms with van der Waals surface area (Å²) in [5.41, 5.74) is 0. The number of nitrogens with zero attached hydrogens (tertiary/aromatic N) is 1. The van der Waals surface area contributed by atoms with E-state index in [1.165, 1.54) is 0 Å². The van der Waals surface area contributed by atoms with E-state index < -0.39 is 5.97 Å². The minimum Gasteiger partial charge on any atom is -0.480 e. The molecule has 0 radical (unpaired) electrons. The van der Waals surface area contributed by atoms with Crippen LogP contribution in [0.25, 0.3) is 0 Å². The van der Waals surface area contributed by atoms with E-state index in [-0.39, 0.29) is 6.04 Å². The number of carbonyl (C=O) groups is 1. The van der Waals surface area contributed by atoms with Crippen molar-refractivity contribution in [1.82, 2.24) is 4.31 Å².